The predicted octanol–water partition coefficient (Wildman–Crippen LogP) is 3.14. The highest BCUT2D eigenvalue weighted by molar-refractivity contribution is 5.74. The zero-order valence-corrected chi connectivity index (χ0v) is 17.0. The zero-order valence-electron chi connectivity index (χ0n) is 17.0. The summed E-state index contributed by atoms with van der Waals surface area (Å²) in [6, 6.07) is 16.2. The predicted molar refractivity (Wildman–Crippen MR) is 117 cm³/mol. The van der Waals surface area contributed by atoms with Crippen molar-refractivity contribution in [3.8, 4) is 17.3 Å². The van der Waals surface area contributed by atoms with Crippen molar-refractivity contribution < 1.29 is 9.47 Å². The maximum absolute atomic E-state index is 5.93. The molecule has 0 amide bonds. The zero-order chi connectivity index (χ0) is 20.6. The molecular weight excluding hydrogens is 378 g/mol. The number of morpholine rings is 1. The van der Waals surface area contributed by atoms with E-state index in [1.165, 1.54) is 0 Å². The Hall–Kier alpha value is -3.45. The van der Waals surface area contributed by atoms with Crippen molar-refractivity contribution >= 4 is 11.9 Å². The first-order valence-corrected chi connectivity index (χ1v) is 10.0. The lowest BCUT2D eigenvalue weighted by Crippen LogP contribution is -2.36. The molecule has 7 heteroatoms. The van der Waals surface area contributed by atoms with Gasteiger partial charge >= 0.3 is 6.01 Å². The van der Waals surface area contributed by atoms with Crippen LogP contribution in [0.25, 0.3) is 17.3 Å². The number of rotatable bonds is 7. The molecule has 0 bridgehead atoms. The fraction of sp³-hybridized carbons (Fsp3) is 0.261. The molecule has 0 saturated carbocycles. The van der Waals surface area contributed by atoms with Crippen LogP contribution in [-0.2, 0) is 11.3 Å². The highest BCUT2D eigenvalue weighted by Gasteiger charge is 2.17. The largest absolute Gasteiger partial charge is 0.457 e. The fourth-order valence-electron chi connectivity index (χ4n) is 3.24. The van der Waals surface area contributed by atoms with E-state index in [-0.39, 0.29) is 0 Å². The average molecular weight is 403 g/mol. The summed E-state index contributed by atoms with van der Waals surface area (Å²) >= 11 is 0. The summed E-state index contributed by atoms with van der Waals surface area (Å²) in [7, 11) is 1.88. The van der Waals surface area contributed by atoms with Crippen LogP contribution in [0.2, 0.25) is 0 Å². The van der Waals surface area contributed by atoms with E-state index in [0.29, 0.717) is 25.8 Å². The van der Waals surface area contributed by atoms with E-state index in [1.807, 2.05) is 55.7 Å². The van der Waals surface area contributed by atoms with Crippen LogP contribution in [0.3, 0.4) is 0 Å². The van der Waals surface area contributed by atoms with E-state index < -0.39 is 0 Å². The molecule has 1 aromatic carbocycles. The summed E-state index contributed by atoms with van der Waals surface area (Å²) in [5.74, 6) is 0.840. The molecule has 1 N–H and O–H groups in total. The quantitative estimate of drug-likeness (QED) is 0.650. The van der Waals surface area contributed by atoms with Gasteiger partial charge in [-0.1, -0.05) is 30.3 Å². The molecular formula is C23H25N5O2. The second kappa shape index (κ2) is 9.84. The van der Waals surface area contributed by atoms with Gasteiger partial charge in [0, 0.05) is 38.0 Å². The molecule has 3 aromatic rings. The Morgan fingerprint density at radius 3 is 2.73 bits per heavy atom. The van der Waals surface area contributed by atoms with Crippen molar-refractivity contribution in [3.63, 3.8) is 0 Å². The van der Waals surface area contributed by atoms with E-state index in [4.69, 9.17) is 14.5 Å². The number of nitrogens with zero attached hydrogens (tertiary/aromatic N) is 4. The molecule has 30 heavy (non-hydrogen) atoms. The van der Waals surface area contributed by atoms with Gasteiger partial charge in [-0.15, -0.1) is 0 Å². The Morgan fingerprint density at radius 2 is 1.93 bits per heavy atom. The summed E-state index contributed by atoms with van der Waals surface area (Å²) in [6.45, 7) is 3.26. The van der Waals surface area contributed by atoms with E-state index in [9.17, 15) is 0 Å². The van der Waals surface area contributed by atoms with Crippen molar-refractivity contribution in [1.82, 2.24) is 20.3 Å². The summed E-state index contributed by atoms with van der Waals surface area (Å²) in [6.07, 6.45) is 5.68. The number of ether oxygens (including phenoxy) is 2. The third-order valence-electron chi connectivity index (χ3n) is 4.77. The van der Waals surface area contributed by atoms with Gasteiger partial charge in [-0.3, -0.25) is 4.98 Å². The number of benzene rings is 1. The van der Waals surface area contributed by atoms with Gasteiger partial charge in [-0.05, 0) is 30.0 Å². The van der Waals surface area contributed by atoms with E-state index in [0.717, 1.165) is 41.4 Å². The lowest BCUT2D eigenvalue weighted by atomic mass is 10.0. The molecule has 0 atom stereocenters. The lowest BCUT2D eigenvalue weighted by Gasteiger charge is -2.28. The first-order chi connectivity index (χ1) is 14.8. The Kier molecular flexibility index (Phi) is 6.51. The Morgan fingerprint density at radius 1 is 1.10 bits per heavy atom. The van der Waals surface area contributed by atoms with Crippen molar-refractivity contribution in [2.45, 2.75) is 6.61 Å². The van der Waals surface area contributed by atoms with Gasteiger partial charge in [0.15, 0.2) is 0 Å². The Labute approximate surface area is 176 Å². The summed E-state index contributed by atoms with van der Waals surface area (Å²) in [5, 5.41) is 3.04. The van der Waals surface area contributed by atoms with Crippen LogP contribution < -0.4 is 15.0 Å². The van der Waals surface area contributed by atoms with Gasteiger partial charge in [-0.2, -0.15) is 9.97 Å². The molecule has 2 aromatic heterocycles. The highest BCUT2D eigenvalue weighted by atomic mass is 16.5. The second-order valence-corrected chi connectivity index (χ2v) is 6.81. The van der Waals surface area contributed by atoms with Gasteiger partial charge in [0.25, 0.3) is 0 Å². The third kappa shape index (κ3) is 4.93. The molecule has 0 aliphatic carbocycles. The normalized spacial score (nSPS) is 14.1. The minimum absolute atomic E-state index is 0.314. The van der Waals surface area contributed by atoms with Crippen molar-refractivity contribution in [1.29, 1.82) is 0 Å². The topological polar surface area (TPSA) is 72.4 Å². The van der Waals surface area contributed by atoms with Gasteiger partial charge in [-0.25, -0.2) is 0 Å². The molecule has 0 radical (unpaired) electrons. The Bertz CT molecular complexity index is 988. The van der Waals surface area contributed by atoms with Crippen molar-refractivity contribution in [2.24, 2.45) is 0 Å². The van der Waals surface area contributed by atoms with Crippen LogP contribution in [0.4, 0.5) is 5.82 Å². The minimum atomic E-state index is 0.314. The maximum Gasteiger partial charge on any atom is 0.319 e. The van der Waals surface area contributed by atoms with E-state index >= 15 is 0 Å². The van der Waals surface area contributed by atoms with Crippen molar-refractivity contribution in [3.05, 3.63) is 72.2 Å². The molecule has 1 aliphatic heterocycles. The third-order valence-corrected chi connectivity index (χ3v) is 4.77. The highest BCUT2D eigenvalue weighted by Crippen LogP contribution is 2.28. The van der Waals surface area contributed by atoms with Crippen LogP contribution in [-0.4, -0.2) is 48.3 Å². The number of hydrogen-bond acceptors (Lipinski definition) is 7. The fourth-order valence-corrected chi connectivity index (χ4v) is 3.24. The van der Waals surface area contributed by atoms with Gasteiger partial charge in [0.1, 0.15) is 12.4 Å². The molecule has 3 heterocycles. The summed E-state index contributed by atoms with van der Waals surface area (Å²) in [4.78, 5) is 15.9. The number of anilines is 1. The Balaban J connectivity index is 1.69. The summed E-state index contributed by atoms with van der Waals surface area (Å²) < 4.78 is 11.4. The first kappa shape index (κ1) is 19.8. The molecule has 0 spiro atoms. The number of pyridine rings is 1. The van der Waals surface area contributed by atoms with Crippen LogP contribution in [0, 0.1) is 0 Å². The first-order valence-electron chi connectivity index (χ1n) is 10.0. The molecule has 1 fully saturated rings. The van der Waals surface area contributed by atoms with Crippen LogP contribution in [0.15, 0.2) is 60.9 Å². The molecule has 7 nitrogen and oxygen atoms in total. The van der Waals surface area contributed by atoms with Crippen molar-refractivity contribution in [2.75, 3.05) is 38.3 Å². The summed E-state index contributed by atoms with van der Waals surface area (Å²) in [5.41, 5.74) is 3.73. The number of hydrogen-bond donors (Lipinski definition) is 1. The van der Waals surface area contributed by atoms with Gasteiger partial charge in [0.05, 0.1) is 24.6 Å². The maximum atomic E-state index is 5.93. The number of nitrogens with one attached hydrogen (secondary N) is 1. The van der Waals surface area contributed by atoms with Gasteiger partial charge < -0.3 is 19.7 Å². The number of aromatic nitrogens is 3. The van der Waals surface area contributed by atoms with Crippen LogP contribution in [0.5, 0.6) is 6.01 Å². The van der Waals surface area contributed by atoms with E-state index in [1.54, 1.807) is 6.20 Å². The van der Waals surface area contributed by atoms with Crippen LogP contribution >= 0.6 is 0 Å². The molecule has 1 saturated heterocycles. The average Bonchev–Trinajstić information content (AvgIpc) is 2.82. The second-order valence-electron chi connectivity index (χ2n) is 6.81. The van der Waals surface area contributed by atoms with E-state index in [2.05, 4.69) is 32.3 Å². The lowest BCUT2D eigenvalue weighted by molar-refractivity contribution is 0.122. The standard InChI is InChI=1S/C23H25N5O2/c1-24-11-9-18-6-2-3-8-20(18)21-16-22(28-12-14-29-15-13-28)27-23(26-21)30-17-19-7-4-5-10-25-19/h2-11,16,24H,12-15,17H2,1H3/b11-9-. The smallest absolute Gasteiger partial charge is 0.319 e. The molecule has 1 aliphatic rings. The monoisotopic (exact) mass is 403 g/mol. The molecule has 0 unspecified atom stereocenters. The molecule has 154 valence electrons. The molecule has 4 rings (SSSR count). The SMILES string of the molecule is CN/C=C\c1ccccc1-c1cc(N2CCOCC2)nc(OCc2ccccn2)n1. The van der Waals surface area contributed by atoms with Crippen LogP contribution in [0.1, 0.15) is 11.3 Å². The van der Waals surface area contributed by atoms with Gasteiger partial charge in [0.2, 0.25) is 0 Å². The minimum Gasteiger partial charge on any atom is -0.457 e.